The number of ketones is 1. The molecule has 0 bridgehead atoms. The van der Waals surface area contributed by atoms with Gasteiger partial charge in [-0.25, -0.2) is 0 Å². The molecule has 0 N–H and O–H groups in total. The summed E-state index contributed by atoms with van der Waals surface area (Å²) in [4.78, 5) is 48.7. The van der Waals surface area contributed by atoms with Crippen LogP contribution in [0.5, 0.6) is 0 Å². The second-order valence-electron chi connectivity index (χ2n) is 4.68. The van der Waals surface area contributed by atoms with Crippen molar-refractivity contribution in [3.63, 3.8) is 0 Å². The Balaban J connectivity index is 2.85. The maximum Gasteiger partial charge on any atom is 0.320 e. The van der Waals surface area contributed by atoms with Gasteiger partial charge in [-0.1, -0.05) is 6.92 Å². The van der Waals surface area contributed by atoms with Gasteiger partial charge in [-0.05, 0) is 12.8 Å². The van der Waals surface area contributed by atoms with E-state index in [9.17, 15) is 19.2 Å². The highest BCUT2D eigenvalue weighted by atomic mass is 16.5. The molecule has 0 aromatic rings. The first kappa shape index (κ1) is 16.1. The first-order valence-electron chi connectivity index (χ1n) is 6.42. The molecule has 1 aliphatic heterocycles. The molecular weight excluding hydrogens is 266 g/mol. The Morgan fingerprint density at radius 1 is 0.950 bits per heavy atom. The number of hydrogen-bond acceptors (Lipinski definition) is 6. The first-order chi connectivity index (χ1) is 9.43. The number of rotatable bonds is 5. The van der Waals surface area contributed by atoms with Crippen molar-refractivity contribution in [3.8, 4) is 0 Å². The van der Waals surface area contributed by atoms with Crippen LogP contribution in [0.1, 0.15) is 19.8 Å². The molecule has 1 rings (SSSR count). The third kappa shape index (κ3) is 3.34. The van der Waals surface area contributed by atoms with E-state index < -0.39 is 35.5 Å². The molecule has 1 saturated heterocycles. The molecule has 0 aliphatic carbocycles. The summed E-state index contributed by atoms with van der Waals surface area (Å²) in [6.45, 7) is 2.41. The van der Waals surface area contributed by atoms with Gasteiger partial charge in [0.15, 0.2) is 5.92 Å². The highest BCUT2D eigenvalue weighted by molar-refractivity contribution is 6.37. The van der Waals surface area contributed by atoms with Crippen LogP contribution in [-0.4, -0.2) is 55.8 Å². The molecule has 7 nitrogen and oxygen atoms in total. The lowest BCUT2D eigenvalue weighted by atomic mass is 9.89. The molecule has 20 heavy (non-hydrogen) atoms. The third-order valence-corrected chi connectivity index (χ3v) is 3.43. The predicted octanol–water partition coefficient (Wildman–Crippen LogP) is -0.224. The minimum atomic E-state index is -1.41. The zero-order chi connectivity index (χ0) is 15.3. The lowest BCUT2D eigenvalue weighted by Gasteiger charge is -2.21. The molecule has 112 valence electrons. The van der Waals surface area contributed by atoms with Gasteiger partial charge in [-0.3, -0.25) is 19.2 Å². The van der Waals surface area contributed by atoms with Crippen LogP contribution in [0.4, 0.5) is 0 Å². The van der Waals surface area contributed by atoms with E-state index in [-0.39, 0.29) is 0 Å². The molecule has 1 aliphatic rings. The fraction of sp³-hybridized carbons (Fsp3) is 0.692. The number of ether oxygens (including phenoxy) is 2. The Bertz CT molecular complexity index is 397. The van der Waals surface area contributed by atoms with E-state index in [1.807, 2.05) is 0 Å². The molecule has 0 unspecified atom stereocenters. The van der Waals surface area contributed by atoms with Crippen molar-refractivity contribution in [2.24, 2.45) is 11.8 Å². The Labute approximate surface area is 117 Å². The highest BCUT2D eigenvalue weighted by Crippen LogP contribution is 2.19. The van der Waals surface area contributed by atoms with Gasteiger partial charge in [0, 0.05) is 19.0 Å². The van der Waals surface area contributed by atoms with Gasteiger partial charge in [0.05, 0.1) is 14.2 Å². The summed E-state index contributed by atoms with van der Waals surface area (Å²) >= 11 is 0. The lowest BCUT2D eigenvalue weighted by molar-refractivity contribution is -0.164. The van der Waals surface area contributed by atoms with E-state index in [2.05, 4.69) is 9.47 Å². The molecule has 1 fully saturated rings. The maximum atomic E-state index is 12.1. The number of hydrogen-bond donors (Lipinski definition) is 0. The minimum absolute atomic E-state index is 0.526. The van der Waals surface area contributed by atoms with Crippen molar-refractivity contribution in [1.82, 2.24) is 4.90 Å². The van der Waals surface area contributed by atoms with Crippen molar-refractivity contribution in [3.05, 3.63) is 0 Å². The summed E-state index contributed by atoms with van der Waals surface area (Å²) in [5.41, 5.74) is 0. The van der Waals surface area contributed by atoms with Crippen molar-refractivity contribution in [2.75, 3.05) is 27.3 Å². The van der Waals surface area contributed by atoms with E-state index in [1.165, 1.54) is 11.8 Å². The minimum Gasteiger partial charge on any atom is -0.468 e. The fourth-order valence-corrected chi connectivity index (χ4v) is 2.18. The summed E-state index contributed by atoms with van der Waals surface area (Å²) in [5, 5.41) is 0. The molecule has 0 aromatic carbocycles. The van der Waals surface area contributed by atoms with E-state index in [1.54, 1.807) is 0 Å². The van der Waals surface area contributed by atoms with Crippen molar-refractivity contribution in [2.45, 2.75) is 19.8 Å². The molecule has 0 radical (unpaired) electrons. The number of carbonyl (C=O) groups excluding carboxylic acids is 4. The molecule has 0 spiro atoms. The fourth-order valence-electron chi connectivity index (χ4n) is 2.18. The average molecular weight is 285 g/mol. The maximum absolute atomic E-state index is 12.1. The zero-order valence-corrected chi connectivity index (χ0v) is 11.9. The van der Waals surface area contributed by atoms with Crippen molar-refractivity contribution in [1.29, 1.82) is 0 Å². The number of esters is 2. The van der Waals surface area contributed by atoms with E-state index in [0.717, 1.165) is 27.1 Å². The van der Waals surface area contributed by atoms with Crippen LogP contribution in [0.3, 0.4) is 0 Å². The monoisotopic (exact) mass is 285 g/mol. The van der Waals surface area contributed by atoms with Gasteiger partial charge in [0.1, 0.15) is 0 Å². The van der Waals surface area contributed by atoms with Gasteiger partial charge >= 0.3 is 11.9 Å². The third-order valence-electron chi connectivity index (χ3n) is 3.43. The number of carbonyl (C=O) groups is 4. The van der Waals surface area contributed by atoms with Crippen molar-refractivity contribution < 1.29 is 28.7 Å². The largest absolute Gasteiger partial charge is 0.468 e. The summed E-state index contributed by atoms with van der Waals surface area (Å²) in [7, 11) is 2.22. The van der Waals surface area contributed by atoms with Crippen LogP contribution in [0.2, 0.25) is 0 Å². The second-order valence-corrected chi connectivity index (χ2v) is 4.68. The average Bonchev–Trinajstić information content (AvgIpc) is 2.99. The molecule has 1 heterocycles. The number of Topliss-reactive ketones (excluding diaryl/α,β-unsaturated/α-hetero) is 1. The molecule has 7 heteroatoms. The predicted molar refractivity (Wildman–Crippen MR) is 67.5 cm³/mol. The SMILES string of the molecule is COC(=O)C(C(=O)OC)[C@@H](C)C(=O)C(=O)N1CCCC1. The van der Waals surface area contributed by atoms with Crippen molar-refractivity contribution >= 4 is 23.6 Å². The summed E-state index contributed by atoms with van der Waals surface area (Å²) in [5.74, 6) is -5.72. The number of methoxy groups -OCH3 is 2. The topological polar surface area (TPSA) is 90.0 Å². The summed E-state index contributed by atoms with van der Waals surface area (Å²) in [6.07, 6.45) is 1.70. The Morgan fingerprint density at radius 2 is 1.40 bits per heavy atom. The molecule has 0 aromatic heterocycles. The number of amides is 1. The number of nitrogens with zero attached hydrogens (tertiary/aromatic N) is 1. The summed E-state index contributed by atoms with van der Waals surface area (Å²) < 4.78 is 8.99. The Kier molecular flexibility index (Phi) is 5.66. The molecule has 1 atom stereocenters. The normalized spacial score (nSPS) is 15.9. The second kappa shape index (κ2) is 7.02. The smallest absolute Gasteiger partial charge is 0.320 e. The number of likely N-dealkylation sites (tertiary alicyclic amines) is 1. The first-order valence-corrected chi connectivity index (χ1v) is 6.42. The van der Waals surface area contributed by atoms with Gasteiger partial charge in [-0.2, -0.15) is 0 Å². The summed E-state index contributed by atoms with van der Waals surface area (Å²) in [6, 6.07) is 0. The van der Waals surface area contributed by atoms with E-state index in [0.29, 0.717) is 13.1 Å². The lowest BCUT2D eigenvalue weighted by Crippen LogP contribution is -2.43. The van der Waals surface area contributed by atoms with Gasteiger partial charge in [0.25, 0.3) is 5.91 Å². The van der Waals surface area contributed by atoms with Crippen LogP contribution in [0.25, 0.3) is 0 Å². The van der Waals surface area contributed by atoms with Crippen LogP contribution in [-0.2, 0) is 28.7 Å². The molecule has 1 amide bonds. The standard InChI is InChI=1S/C13H19NO6/c1-8(9(12(17)19-2)13(18)20-3)10(15)11(16)14-6-4-5-7-14/h8-9H,4-7H2,1-3H3/t8-/m1/s1. The van der Waals surface area contributed by atoms with Gasteiger partial charge in [-0.15, -0.1) is 0 Å². The van der Waals surface area contributed by atoms with Crippen LogP contribution in [0, 0.1) is 11.8 Å². The van der Waals surface area contributed by atoms with Crippen LogP contribution < -0.4 is 0 Å². The van der Waals surface area contributed by atoms with Gasteiger partial charge in [0.2, 0.25) is 5.78 Å². The molecular formula is C13H19NO6. The van der Waals surface area contributed by atoms with E-state index in [4.69, 9.17) is 0 Å². The Morgan fingerprint density at radius 3 is 1.80 bits per heavy atom. The zero-order valence-electron chi connectivity index (χ0n) is 11.9. The molecule has 0 saturated carbocycles. The quantitative estimate of drug-likeness (QED) is 0.394. The Hall–Kier alpha value is -1.92. The highest BCUT2D eigenvalue weighted by Gasteiger charge is 2.41. The van der Waals surface area contributed by atoms with Crippen LogP contribution in [0.15, 0.2) is 0 Å². The van der Waals surface area contributed by atoms with Gasteiger partial charge < -0.3 is 14.4 Å². The van der Waals surface area contributed by atoms with E-state index >= 15 is 0 Å². The van der Waals surface area contributed by atoms with Crippen LogP contribution >= 0.6 is 0 Å².